The van der Waals surface area contributed by atoms with Crippen LogP contribution >= 0.6 is 11.6 Å². The summed E-state index contributed by atoms with van der Waals surface area (Å²) in [6.45, 7) is 2.04. The van der Waals surface area contributed by atoms with Crippen molar-refractivity contribution in [2.75, 3.05) is 20.1 Å². The minimum absolute atomic E-state index is 0.516. The van der Waals surface area contributed by atoms with Crippen LogP contribution in [0, 0.1) is 0 Å². The number of nitrogens with zero attached hydrogens (tertiary/aromatic N) is 2. The fourth-order valence-corrected chi connectivity index (χ4v) is 2.70. The van der Waals surface area contributed by atoms with E-state index in [1.165, 1.54) is 12.0 Å². The second-order valence-electron chi connectivity index (χ2n) is 5.13. The van der Waals surface area contributed by atoms with Crippen molar-refractivity contribution in [2.45, 2.75) is 24.8 Å². The first-order valence-corrected chi connectivity index (χ1v) is 6.89. The number of halogens is 1. The Hall–Kier alpha value is -1.22. The van der Waals surface area contributed by atoms with Crippen molar-refractivity contribution < 1.29 is 0 Å². The largest absolute Gasteiger partial charge is 0.353 e. The summed E-state index contributed by atoms with van der Waals surface area (Å²) in [6, 6.07) is 8.69. The van der Waals surface area contributed by atoms with Crippen molar-refractivity contribution in [1.29, 1.82) is 0 Å². The minimum atomic E-state index is 0.516. The molecule has 1 saturated carbocycles. The monoisotopic (exact) mass is 263 g/mol. The summed E-state index contributed by atoms with van der Waals surface area (Å²) in [5.41, 5.74) is 1.33. The summed E-state index contributed by atoms with van der Waals surface area (Å²) in [5.74, 6) is 1.64. The number of aliphatic imine (C=N–C) groups is 1. The maximum Gasteiger partial charge on any atom is 0.193 e. The number of hydrogen-bond donors (Lipinski definition) is 1. The Morgan fingerprint density at radius 2 is 2.33 bits per heavy atom. The maximum atomic E-state index is 6.03. The van der Waals surface area contributed by atoms with Crippen molar-refractivity contribution in [3.05, 3.63) is 34.9 Å². The van der Waals surface area contributed by atoms with E-state index in [0.717, 1.165) is 30.5 Å². The molecular weight excluding hydrogens is 246 g/mol. The zero-order chi connectivity index (χ0) is 12.5. The van der Waals surface area contributed by atoms with E-state index in [2.05, 4.69) is 34.4 Å². The van der Waals surface area contributed by atoms with Gasteiger partial charge >= 0.3 is 0 Å². The summed E-state index contributed by atoms with van der Waals surface area (Å²) >= 11 is 6.03. The first-order valence-electron chi connectivity index (χ1n) is 6.51. The third-order valence-corrected chi connectivity index (χ3v) is 3.89. The molecule has 0 spiro atoms. The molecule has 4 heteroatoms. The summed E-state index contributed by atoms with van der Waals surface area (Å²) in [6.07, 6.45) is 2.33. The maximum absolute atomic E-state index is 6.03. The van der Waals surface area contributed by atoms with E-state index >= 15 is 0 Å². The van der Waals surface area contributed by atoms with Gasteiger partial charge < -0.3 is 10.2 Å². The van der Waals surface area contributed by atoms with Gasteiger partial charge in [0.2, 0.25) is 0 Å². The quantitative estimate of drug-likeness (QED) is 0.888. The van der Waals surface area contributed by atoms with Gasteiger partial charge in [-0.3, -0.25) is 4.99 Å². The average Bonchev–Trinajstić information content (AvgIpc) is 3.12. The molecule has 0 saturated heterocycles. The van der Waals surface area contributed by atoms with E-state index in [4.69, 9.17) is 11.6 Å². The molecule has 96 valence electrons. The molecule has 1 aliphatic heterocycles. The Morgan fingerprint density at radius 3 is 3.11 bits per heavy atom. The zero-order valence-corrected chi connectivity index (χ0v) is 11.3. The number of hydrogen-bond acceptors (Lipinski definition) is 3. The first kappa shape index (κ1) is 11.8. The van der Waals surface area contributed by atoms with Gasteiger partial charge in [-0.05, 0) is 30.5 Å². The van der Waals surface area contributed by atoms with E-state index in [-0.39, 0.29) is 0 Å². The predicted molar refractivity (Wildman–Crippen MR) is 75.3 cm³/mol. The van der Waals surface area contributed by atoms with Gasteiger partial charge in [0.25, 0.3) is 0 Å². The molecule has 0 amide bonds. The molecular formula is C14H18ClN3. The standard InChI is InChI=1S/C14H18ClN3/c1-18-7-3-6-16-14(18)17-13-9-12(13)10-4-2-5-11(15)8-10/h2,4-5,8,12-13H,3,6-7,9H2,1H3,(H,16,17)/t12-,13+/m0/s1. The highest BCUT2D eigenvalue weighted by atomic mass is 35.5. The highest BCUT2D eigenvalue weighted by molar-refractivity contribution is 6.30. The van der Waals surface area contributed by atoms with Gasteiger partial charge in [0, 0.05) is 37.1 Å². The van der Waals surface area contributed by atoms with E-state index in [1.807, 2.05) is 12.1 Å². The van der Waals surface area contributed by atoms with E-state index in [1.54, 1.807) is 0 Å². The van der Waals surface area contributed by atoms with Gasteiger partial charge in [-0.15, -0.1) is 0 Å². The van der Waals surface area contributed by atoms with Crippen LogP contribution in [0.25, 0.3) is 0 Å². The van der Waals surface area contributed by atoms with Crippen LogP contribution in [0.1, 0.15) is 24.3 Å². The van der Waals surface area contributed by atoms with Gasteiger partial charge in [-0.25, -0.2) is 0 Å². The molecule has 3 rings (SSSR count). The molecule has 1 N–H and O–H groups in total. The van der Waals surface area contributed by atoms with E-state index in [0.29, 0.717) is 12.0 Å². The first-order chi connectivity index (χ1) is 8.74. The van der Waals surface area contributed by atoms with Crippen molar-refractivity contribution >= 4 is 17.6 Å². The fourth-order valence-electron chi connectivity index (χ4n) is 2.50. The topological polar surface area (TPSA) is 27.6 Å². The van der Waals surface area contributed by atoms with E-state index < -0.39 is 0 Å². The minimum Gasteiger partial charge on any atom is -0.353 e. The average molecular weight is 264 g/mol. The molecule has 0 bridgehead atoms. The molecule has 2 aliphatic rings. The second-order valence-corrected chi connectivity index (χ2v) is 5.56. The van der Waals surface area contributed by atoms with Crippen molar-refractivity contribution in [2.24, 2.45) is 4.99 Å². The summed E-state index contributed by atoms with van der Waals surface area (Å²) in [5, 5.41) is 4.37. The molecule has 1 aromatic rings. The Bertz CT molecular complexity index is 472. The molecule has 1 aliphatic carbocycles. The van der Waals surface area contributed by atoms with Crippen LogP contribution in [0.5, 0.6) is 0 Å². The molecule has 18 heavy (non-hydrogen) atoms. The summed E-state index contributed by atoms with van der Waals surface area (Å²) in [4.78, 5) is 6.75. The number of rotatable bonds is 2. The molecule has 2 atom stereocenters. The lowest BCUT2D eigenvalue weighted by molar-refractivity contribution is 0.445. The van der Waals surface area contributed by atoms with Crippen LogP contribution in [-0.4, -0.2) is 37.0 Å². The van der Waals surface area contributed by atoms with Crippen LogP contribution in [-0.2, 0) is 0 Å². The second kappa shape index (κ2) is 4.81. The summed E-state index contributed by atoms with van der Waals surface area (Å²) in [7, 11) is 2.10. The number of guanidine groups is 1. The Labute approximate surface area is 113 Å². The van der Waals surface area contributed by atoms with Gasteiger partial charge in [0.1, 0.15) is 0 Å². The Morgan fingerprint density at radius 1 is 1.44 bits per heavy atom. The van der Waals surface area contributed by atoms with Crippen LogP contribution in [0.2, 0.25) is 5.02 Å². The van der Waals surface area contributed by atoms with Crippen LogP contribution in [0.4, 0.5) is 0 Å². The molecule has 0 unspecified atom stereocenters. The van der Waals surface area contributed by atoms with Crippen LogP contribution < -0.4 is 5.32 Å². The van der Waals surface area contributed by atoms with Gasteiger partial charge in [-0.2, -0.15) is 0 Å². The van der Waals surface area contributed by atoms with Gasteiger partial charge in [0.15, 0.2) is 5.96 Å². The fraction of sp³-hybridized carbons (Fsp3) is 0.500. The number of nitrogens with one attached hydrogen (secondary N) is 1. The predicted octanol–water partition coefficient (Wildman–Crippen LogP) is 2.48. The van der Waals surface area contributed by atoms with Crippen molar-refractivity contribution in [3.63, 3.8) is 0 Å². The smallest absolute Gasteiger partial charge is 0.193 e. The van der Waals surface area contributed by atoms with Crippen LogP contribution in [0.3, 0.4) is 0 Å². The lowest BCUT2D eigenvalue weighted by Gasteiger charge is -2.25. The van der Waals surface area contributed by atoms with Crippen molar-refractivity contribution in [1.82, 2.24) is 10.2 Å². The molecule has 3 nitrogen and oxygen atoms in total. The lowest BCUT2D eigenvalue weighted by atomic mass is 10.1. The number of benzene rings is 1. The zero-order valence-electron chi connectivity index (χ0n) is 10.6. The highest BCUT2D eigenvalue weighted by Crippen LogP contribution is 2.41. The lowest BCUT2D eigenvalue weighted by Crippen LogP contribution is -2.43. The molecule has 0 aromatic heterocycles. The Kier molecular flexibility index (Phi) is 3.16. The Balaban J connectivity index is 1.63. The molecule has 0 radical (unpaired) electrons. The van der Waals surface area contributed by atoms with Crippen LogP contribution in [0.15, 0.2) is 29.3 Å². The summed E-state index contributed by atoms with van der Waals surface area (Å²) < 4.78 is 0. The third-order valence-electron chi connectivity index (χ3n) is 3.66. The SMILES string of the molecule is CN1CCCN=C1N[C@@H]1C[C@H]1c1cccc(Cl)c1. The molecule has 1 fully saturated rings. The van der Waals surface area contributed by atoms with E-state index in [9.17, 15) is 0 Å². The molecule has 1 aromatic carbocycles. The van der Waals surface area contributed by atoms with Crippen molar-refractivity contribution in [3.8, 4) is 0 Å². The molecule has 1 heterocycles. The highest BCUT2D eigenvalue weighted by Gasteiger charge is 2.39. The van der Waals surface area contributed by atoms with Gasteiger partial charge in [0.05, 0.1) is 0 Å². The van der Waals surface area contributed by atoms with Gasteiger partial charge in [-0.1, -0.05) is 23.7 Å². The normalized spacial score (nSPS) is 26.8. The third kappa shape index (κ3) is 2.46.